The molecule has 0 unspecified atom stereocenters. The van der Waals surface area contributed by atoms with Gasteiger partial charge in [0.25, 0.3) is 5.91 Å². The van der Waals surface area contributed by atoms with Crippen LogP contribution in [0.25, 0.3) is 0 Å². The second kappa shape index (κ2) is 16.4. The van der Waals surface area contributed by atoms with E-state index in [2.05, 4.69) is 0 Å². The van der Waals surface area contributed by atoms with E-state index >= 15 is 8.90 Å². The van der Waals surface area contributed by atoms with Gasteiger partial charge in [-0.1, -0.05) is 85.8 Å². The standard InChI is InChI=1S/C50H51FN4O6Si/c1-33-48(62(2,3)51)44(30-47(59)52(26-27-56)31-34-12-5-4-6-13-34)61-50(33)40-29-39(55-42-19-10-8-16-37(42)21-25-46(55)58)22-23-43(40)53(49(50)60)32-35-14-11-17-38(28-35)54-41-18-9-7-15-36(41)20-24-45(54)57/h4-19,22-23,28-29,33,44,48,56H,20-21,24-27,30-32H2,1-3H3/t33-,44+,48-,50+/m1/s1. The predicted octanol–water partition coefficient (Wildman–Crippen LogP) is 8.64. The van der Waals surface area contributed by atoms with Gasteiger partial charge in [0.2, 0.25) is 26.1 Å². The highest BCUT2D eigenvalue weighted by Gasteiger charge is 2.67. The molecule has 4 aliphatic rings. The minimum atomic E-state index is -3.67. The average molecular weight is 851 g/mol. The monoisotopic (exact) mass is 850 g/mol. The first kappa shape index (κ1) is 41.4. The third kappa shape index (κ3) is 7.23. The Bertz CT molecular complexity index is 2560. The molecule has 9 rings (SSSR count). The molecule has 0 bridgehead atoms. The number of aliphatic hydroxyl groups excluding tert-OH is 1. The number of amides is 4. The van der Waals surface area contributed by atoms with Crippen molar-refractivity contribution in [1.82, 2.24) is 4.90 Å². The number of halogens is 1. The van der Waals surface area contributed by atoms with Crippen LogP contribution in [0.5, 0.6) is 0 Å². The van der Waals surface area contributed by atoms with Gasteiger partial charge >= 0.3 is 0 Å². The zero-order valence-electron chi connectivity index (χ0n) is 35.3. The minimum absolute atomic E-state index is 0.0112. The first-order chi connectivity index (χ1) is 29.9. The van der Waals surface area contributed by atoms with Crippen LogP contribution in [-0.4, -0.2) is 61.3 Å². The summed E-state index contributed by atoms with van der Waals surface area (Å²) in [5.41, 5.74) is 5.30. The summed E-state index contributed by atoms with van der Waals surface area (Å²) in [5.74, 6) is -1.47. The molecule has 4 heterocycles. The van der Waals surface area contributed by atoms with Crippen molar-refractivity contribution in [2.24, 2.45) is 5.92 Å². The van der Waals surface area contributed by atoms with Gasteiger partial charge in [0.15, 0.2) is 5.60 Å². The molecule has 10 nitrogen and oxygen atoms in total. The van der Waals surface area contributed by atoms with Crippen LogP contribution in [0.1, 0.15) is 54.0 Å². The molecule has 1 spiro atoms. The molecule has 12 heteroatoms. The normalized spacial score (nSPS) is 21.9. The summed E-state index contributed by atoms with van der Waals surface area (Å²) in [6, 6.07) is 38.3. The number of aliphatic hydroxyl groups is 1. The number of nitrogens with zero attached hydrogens (tertiary/aromatic N) is 4. The van der Waals surface area contributed by atoms with E-state index in [9.17, 15) is 19.5 Å². The molecule has 0 aromatic heterocycles. The highest BCUT2D eigenvalue weighted by Crippen LogP contribution is 2.61. The maximum Gasteiger partial charge on any atom is 0.264 e. The second-order valence-electron chi connectivity index (χ2n) is 17.5. The first-order valence-corrected chi connectivity index (χ1v) is 24.5. The fourth-order valence-corrected chi connectivity index (χ4v) is 12.9. The lowest BCUT2D eigenvalue weighted by molar-refractivity contribution is -0.150. The molecule has 62 heavy (non-hydrogen) atoms. The lowest BCUT2D eigenvalue weighted by atomic mass is 9.82. The van der Waals surface area contributed by atoms with Crippen LogP contribution < -0.4 is 14.7 Å². The Hall–Kier alpha value is -5.95. The van der Waals surface area contributed by atoms with Crippen LogP contribution in [-0.2, 0) is 55.4 Å². The molecular weight excluding hydrogens is 800 g/mol. The number of rotatable bonds is 11. The van der Waals surface area contributed by atoms with Gasteiger partial charge in [-0.2, -0.15) is 0 Å². The fourth-order valence-electron chi connectivity index (χ4n) is 10.4. The fraction of sp³-hybridized carbons (Fsp3) is 0.320. The van der Waals surface area contributed by atoms with Crippen molar-refractivity contribution >= 4 is 60.5 Å². The molecule has 4 aliphatic heterocycles. The highest BCUT2D eigenvalue weighted by molar-refractivity contribution is 6.72. The number of aryl methyl sites for hydroxylation is 2. The van der Waals surface area contributed by atoms with Crippen LogP contribution in [0.4, 0.5) is 32.5 Å². The molecule has 1 N–H and O–H groups in total. The number of carbonyl (C=O) groups excluding carboxylic acids is 4. The van der Waals surface area contributed by atoms with Gasteiger partial charge in [0, 0.05) is 54.3 Å². The van der Waals surface area contributed by atoms with Crippen molar-refractivity contribution < 1.29 is 33.1 Å². The Labute approximate surface area is 362 Å². The molecule has 5 aromatic carbocycles. The number of hydrogen-bond acceptors (Lipinski definition) is 6. The van der Waals surface area contributed by atoms with Crippen LogP contribution in [0, 0.1) is 5.92 Å². The summed E-state index contributed by atoms with van der Waals surface area (Å²) in [6.07, 6.45) is 0.848. The van der Waals surface area contributed by atoms with E-state index in [-0.39, 0.29) is 56.3 Å². The Balaban J connectivity index is 1.12. The van der Waals surface area contributed by atoms with Crippen LogP contribution in [0.3, 0.4) is 0 Å². The average Bonchev–Trinajstić information content (AvgIpc) is 3.69. The molecule has 1 fully saturated rings. The van der Waals surface area contributed by atoms with E-state index in [1.165, 1.54) is 0 Å². The Kier molecular flexibility index (Phi) is 10.9. The van der Waals surface area contributed by atoms with Crippen molar-refractivity contribution in [1.29, 1.82) is 0 Å². The largest absolute Gasteiger partial charge is 0.395 e. The van der Waals surface area contributed by atoms with Crippen molar-refractivity contribution in [2.75, 3.05) is 27.9 Å². The number of anilines is 5. The van der Waals surface area contributed by atoms with Gasteiger partial charge in [0.05, 0.1) is 42.7 Å². The molecule has 5 aromatic rings. The molecule has 1 saturated heterocycles. The predicted molar refractivity (Wildman–Crippen MR) is 240 cm³/mol. The summed E-state index contributed by atoms with van der Waals surface area (Å²) in [5, 5.41) is 9.99. The SMILES string of the molecule is C[C@@H]1[C@@H]([Si](C)(C)F)[C@H](CC(=O)N(CCO)Cc2ccccc2)O[C@@]12C(=O)N(Cc1cccc(N3C(=O)CCc4ccccc43)c1)c1ccc(N3C(=O)CCc4ccccc43)cc12. The Morgan fingerprint density at radius 3 is 1.98 bits per heavy atom. The third-order valence-electron chi connectivity index (χ3n) is 13.2. The number of benzene rings is 5. The zero-order chi connectivity index (χ0) is 43.3. The van der Waals surface area contributed by atoms with E-state index in [4.69, 9.17) is 4.74 Å². The quantitative estimate of drug-likeness (QED) is 0.105. The van der Waals surface area contributed by atoms with Gasteiger partial charge < -0.3 is 23.8 Å². The lowest BCUT2D eigenvalue weighted by Gasteiger charge is -2.32. The molecule has 0 aliphatic carbocycles. The third-order valence-corrected chi connectivity index (χ3v) is 15.7. The van der Waals surface area contributed by atoms with Gasteiger partial charge in [-0.25, -0.2) is 0 Å². The highest BCUT2D eigenvalue weighted by atomic mass is 28.4. The maximum absolute atomic E-state index is 17.0. The van der Waals surface area contributed by atoms with E-state index in [0.717, 1.165) is 33.6 Å². The van der Waals surface area contributed by atoms with E-state index in [1.54, 1.807) is 32.7 Å². The van der Waals surface area contributed by atoms with Crippen LogP contribution >= 0.6 is 0 Å². The van der Waals surface area contributed by atoms with Gasteiger partial charge in [-0.15, -0.1) is 0 Å². The van der Waals surface area contributed by atoms with Crippen LogP contribution in [0.2, 0.25) is 18.6 Å². The lowest BCUT2D eigenvalue weighted by Crippen LogP contribution is -2.45. The van der Waals surface area contributed by atoms with Gasteiger partial charge in [-0.3, -0.25) is 29.0 Å². The zero-order valence-corrected chi connectivity index (χ0v) is 36.3. The summed E-state index contributed by atoms with van der Waals surface area (Å²) < 4.78 is 24.0. The van der Waals surface area contributed by atoms with Crippen LogP contribution in [0.15, 0.2) is 121 Å². The molecule has 4 amide bonds. The number of ether oxygens (including phenoxy) is 1. The summed E-state index contributed by atoms with van der Waals surface area (Å²) in [7, 11) is -3.67. The summed E-state index contributed by atoms with van der Waals surface area (Å²) >= 11 is 0. The molecule has 0 radical (unpaired) electrons. The van der Waals surface area contributed by atoms with E-state index in [1.807, 2.05) is 128 Å². The van der Waals surface area contributed by atoms with Crippen molar-refractivity contribution in [3.05, 3.63) is 149 Å². The van der Waals surface area contributed by atoms with Crippen molar-refractivity contribution in [3.63, 3.8) is 0 Å². The maximum atomic E-state index is 17.0. The molecular formula is C50H51FN4O6Si. The van der Waals surface area contributed by atoms with E-state index < -0.39 is 31.6 Å². The van der Waals surface area contributed by atoms with Gasteiger partial charge in [0.1, 0.15) is 0 Å². The first-order valence-electron chi connectivity index (χ1n) is 21.6. The van der Waals surface area contributed by atoms with Gasteiger partial charge in [-0.05, 0) is 90.7 Å². The van der Waals surface area contributed by atoms with Crippen molar-refractivity contribution in [2.45, 2.75) is 82.5 Å². The topological polar surface area (TPSA) is 111 Å². The summed E-state index contributed by atoms with van der Waals surface area (Å²) in [6.45, 7) is 5.28. The number of carbonyl (C=O) groups is 4. The smallest absolute Gasteiger partial charge is 0.264 e. The van der Waals surface area contributed by atoms with Crippen molar-refractivity contribution in [3.8, 4) is 0 Å². The summed E-state index contributed by atoms with van der Waals surface area (Å²) in [4.78, 5) is 63.7. The Morgan fingerprint density at radius 1 is 0.758 bits per heavy atom. The molecule has 0 saturated carbocycles. The number of hydrogen-bond donors (Lipinski definition) is 1. The minimum Gasteiger partial charge on any atom is -0.395 e. The number of fused-ring (bicyclic) bond motifs is 4. The van der Waals surface area contributed by atoms with E-state index in [0.29, 0.717) is 48.3 Å². The molecule has 4 atom stereocenters. The second-order valence-corrected chi connectivity index (χ2v) is 21.3. The molecule has 318 valence electrons. The number of para-hydroxylation sites is 2. The Morgan fingerprint density at radius 2 is 1.35 bits per heavy atom.